The van der Waals surface area contributed by atoms with Crippen molar-refractivity contribution in [3.8, 4) is 0 Å². The molecule has 4 aliphatic rings. The Morgan fingerprint density at radius 2 is 1.57 bits per heavy atom. The third-order valence-electron chi connectivity index (χ3n) is 10.2. The van der Waals surface area contributed by atoms with E-state index in [9.17, 15) is 24.0 Å². The molecule has 10 heteroatoms. The molecule has 4 fully saturated rings. The Labute approximate surface area is 238 Å². The van der Waals surface area contributed by atoms with Gasteiger partial charge in [-0.1, -0.05) is 73.1 Å². The number of ketones is 1. The first-order chi connectivity index (χ1) is 18.5. The molecule has 0 bridgehead atoms. The van der Waals surface area contributed by atoms with E-state index in [4.69, 9.17) is 5.73 Å². The summed E-state index contributed by atoms with van der Waals surface area (Å²) >= 11 is 0. The molecule has 1 aliphatic heterocycles. The van der Waals surface area contributed by atoms with Crippen LogP contribution in [0.1, 0.15) is 99.3 Å². The van der Waals surface area contributed by atoms with Crippen molar-refractivity contribution in [3.63, 3.8) is 0 Å². The van der Waals surface area contributed by atoms with E-state index in [0.717, 1.165) is 51.4 Å². The van der Waals surface area contributed by atoms with Gasteiger partial charge in [0, 0.05) is 12.1 Å². The maximum Gasteiger partial charge on any atom is 0.315 e. The number of urea groups is 1. The fourth-order valence-electron chi connectivity index (χ4n) is 7.25. The molecular weight excluding hydrogens is 510 g/mol. The van der Waals surface area contributed by atoms with Crippen LogP contribution in [-0.4, -0.2) is 64.6 Å². The molecular formula is C30H49N5O5. The second-order valence-electron chi connectivity index (χ2n) is 14.7. The van der Waals surface area contributed by atoms with E-state index in [2.05, 4.69) is 29.8 Å². The third-order valence-corrected chi connectivity index (χ3v) is 10.2. The van der Waals surface area contributed by atoms with E-state index in [1.807, 2.05) is 27.7 Å². The van der Waals surface area contributed by atoms with Gasteiger partial charge < -0.3 is 26.6 Å². The highest BCUT2D eigenvalue weighted by atomic mass is 16.2. The van der Waals surface area contributed by atoms with E-state index >= 15 is 0 Å². The zero-order valence-electron chi connectivity index (χ0n) is 25.1. The van der Waals surface area contributed by atoms with Crippen molar-refractivity contribution in [2.75, 3.05) is 6.54 Å². The molecule has 1 heterocycles. The third kappa shape index (κ3) is 6.15. The smallest absolute Gasteiger partial charge is 0.315 e. The lowest BCUT2D eigenvalue weighted by Crippen LogP contribution is -2.62. The molecule has 0 radical (unpaired) electrons. The highest BCUT2D eigenvalue weighted by molar-refractivity contribution is 6.37. The summed E-state index contributed by atoms with van der Waals surface area (Å²) in [5.74, 6) is -2.28. The molecule has 0 spiro atoms. The highest BCUT2D eigenvalue weighted by Gasteiger charge is 2.70. The number of piperidine rings is 1. The summed E-state index contributed by atoms with van der Waals surface area (Å²) in [6.07, 6.45) is 8.40. The molecule has 3 aliphatic carbocycles. The summed E-state index contributed by atoms with van der Waals surface area (Å²) in [4.78, 5) is 67.0. The van der Waals surface area contributed by atoms with Crippen molar-refractivity contribution < 1.29 is 24.0 Å². The van der Waals surface area contributed by atoms with Gasteiger partial charge in [0.05, 0.1) is 6.04 Å². The van der Waals surface area contributed by atoms with E-state index < -0.39 is 41.1 Å². The summed E-state index contributed by atoms with van der Waals surface area (Å²) < 4.78 is 0. The summed E-state index contributed by atoms with van der Waals surface area (Å²) in [7, 11) is 0. The Morgan fingerprint density at radius 3 is 2.10 bits per heavy atom. The van der Waals surface area contributed by atoms with E-state index in [1.165, 1.54) is 0 Å². The number of amides is 5. The normalized spacial score (nSPS) is 28.4. The minimum atomic E-state index is -1.07. The molecule has 0 aromatic heterocycles. The summed E-state index contributed by atoms with van der Waals surface area (Å²) in [6, 6.07) is -3.01. The standard InChI is InChI=1S/C30H49N5O5/c1-28(2,3)23(33-27(40)34-30(6)13-8-7-9-14-30)26(39)35-16-18-20(29(18,4)5)21(35)25(38)32-19(22(36)24(31)37)15-17-11-10-12-17/h17-21,23H,7-16H2,1-6H3,(H2,31,37)(H,32,38)(H2,33,34,40)/t18-,19-,20-,21-,23+/m0/s1. The Kier molecular flexibility index (Phi) is 8.31. The first-order valence-corrected chi connectivity index (χ1v) is 15.1. The second-order valence-corrected chi connectivity index (χ2v) is 14.7. The molecule has 40 heavy (non-hydrogen) atoms. The van der Waals surface area contributed by atoms with Crippen LogP contribution in [0, 0.1) is 28.6 Å². The van der Waals surface area contributed by atoms with Gasteiger partial charge in [-0.25, -0.2) is 4.79 Å². The predicted octanol–water partition coefficient (Wildman–Crippen LogP) is 2.64. The minimum Gasteiger partial charge on any atom is -0.363 e. The van der Waals surface area contributed by atoms with Gasteiger partial charge in [0.15, 0.2) is 0 Å². The number of primary amides is 1. The number of nitrogens with two attached hydrogens (primary N) is 1. The molecule has 10 nitrogen and oxygen atoms in total. The second kappa shape index (κ2) is 11.0. The van der Waals surface area contributed by atoms with Gasteiger partial charge in [0.2, 0.25) is 17.6 Å². The number of Topliss-reactive ketones (excluding diaryl/α,β-unsaturated/α-hetero) is 1. The van der Waals surface area contributed by atoms with Crippen molar-refractivity contribution >= 4 is 29.5 Å². The van der Waals surface area contributed by atoms with Crippen molar-refractivity contribution in [2.24, 2.45) is 34.3 Å². The van der Waals surface area contributed by atoms with Crippen LogP contribution in [0.4, 0.5) is 4.79 Å². The van der Waals surface area contributed by atoms with Gasteiger partial charge in [0.25, 0.3) is 5.91 Å². The fourth-order valence-corrected chi connectivity index (χ4v) is 7.25. The van der Waals surface area contributed by atoms with E-state index in [0.29, 0.717) is 13.0 Å². The summed E-state index contributed by atoms with van der Waals surface area (Å²) in [5, 5.41) is 8.86. The zero-order valence-corrected chi connectivity index (χ0v) is 25.1. The number of rotatable bonds is 9. The number of nitrogens with zero attached hydrogens (tertiary/aromatic N) is 1. The van der Waals surface area contributed by atoms with Crippen LogP contribution in [0.15, 0.2) is 0 Å². The van der Waals surface area contributed by atoms with E-state index in [1.54, 1.807) is 4.90 Å². The van der Waals surface area contributed by atoms with E-state index in [-0.39, 0.29) is 40.6 Å². The molecule has 5 N–H and O–H groups in total. The first-order valence-electron chi connectivity index (χ1n) is 15.1. The Bertz CT molecular complexity index is 1040. The van der Waals surface area contributed by atoms with Gasteiger partial charge in [-0.15, -0.1) is 0 Å². The summed E-state index contributed by atoms with van der Waals surface area (Å²) in [5.41, 5.74) is 4.27. The number of likely N-dealkylation sites (tertiary alicyclic amines) is 1. The van der Waals surface area contributed by atoms with Crippen molar-refractivity contribution in [2.45, 2.75) is 123 Å². The molecule has 3 saturated carbocycles. The Morgan fingerprint density at radius 1 is 0.950 bits per heavy atom. The van der Waals surface area contributed by atoms with Crippen LogP contribution >= 0.6 is 0 Å². The minimum absolute atomic E-state index is 0.0694. The lowest BCUT2D eigenvalue weighted by molar-refractivity contribution is -0.145. The summed E-state index contributed by atoms with van der Waals surface area (Å²) in [6.45, 7) is 12.3. The van der Waals surface area contributed by atoms with Crippen LogP contribution in [-0.2, 0) is 19.2 Å². The number of nitrogens with one attached hydrogen (secondary N) is 3. The lowest BCUT2D eigenvalue weighted by Gasteiger charge is -2.39. The SMILES string of the molecule is CC1(NC(=O)N[C@H](C(=O)N2C[C@H]3[C@@H]([C@H]2C(=O)N[C@@H](CC2CCC2)C(=O)C(N)=O)C3(C)C)C(C)(C)C)CCCCC1. The number of hydrogen-bond donors (Lipinski definition) is 4. The molecule has 224 valence electrons. The molecule has 0 aromatic rings. The average Bonchev–Trinajstić information content (AvgIpc) is 3.14. The quantitative estimate of drug-likeness (QED) is 0.320. The number of fused-ring (bicyclic) bond motifs is 1. The molecule has 5 atom stereocenters. The topological polar surface area (TPSA) is 151 Å². The molecule has 1 saturated heterocycles. The molecule has 4 rings (SSSR count). The molecule has 0 aromatic carbocycles. The van der Waals surface area contributed by atoms with Crippen LogP contribution in [0.5, 0.6) is 0 Å². The van der Waals surface area contributed by atoms with Gasteiger partial charge >= 0.3 is 6.03 Å². The van der Waals surface area contributed by atoms with Gasteiger partial charge in [-0.2, -0.15) is 0 Å². The first kappa shape index (κ1) is 30.3. The lowest BCUT2D eigenvalue weighted by atomic mass is 9.80. The highest BCUT2D eigenvalue weighted by Crippen LogP contribution is 2.65. The Hall–Kier alpha value is -2.65. The number of hydrogen-bond acceptors (Lipinski definition) is 5. The van der Waals surface area contributed by atoms with Crippen molar-refractivity contribution in [1.29, 1.82) is 0 Å². The molecule has 0 unspecified atom stereocenters. The van der Waals surface area contributed by atoms with Crippen LogP contribution < -0.4 is 21.7 Å². The maximum absolute atomic E-state index is 14.1. The van der Waals surface area contributed by atoms with Crippen LogP contribution in [0.3, 0.4) is 0 Å². The van der Waals surface area contributed by atoms with Gasteiger partial charge in [-0.3, -0.25) is 19.2 Å². The monoisotopic (exact) mass is 559 g/mol. The Balaban J connectivity index is 1.52. The maximum atomic E-state index is 14.1. The largest absolute Gasteiger partial charge is 0.363 e. The van der Waals surface area contributed by atoms with Crippen LogP contribution in [0.25, 0.3) is 0 Å². The number of carbonyl (C=O) groups excluding carboxylic acids is 5. The van der Waals surface area contributed by atoms with Gasteiger partial charge in [0.1, 0.15) is 12.1 Å². The number of carbonyl (C=O) groups is 5. The van der Waals surface area contributed by atoms with Crippen LogP contribution in [0.2, 0.25) is 0 Å². The average molecular weight is 560 g/mol. The predicted molar refractivity (Wildman–Crippen MR) is 151 cm³/mol. The zero-order chi connectivity index (χ0) is 29.6. The van der Waals surface area contributed by atoms with Crippen molar-refractivity contribution in [1.82, 2.24) is 20.9 Å². The fraction of sp³-hybridized carbons (Fsp3) is 0.833. The van der Waals surface area contributed by atoms with Gasteiger partial charge in [-0.05, 0) is 54.8 Å². The van der Waals surface area contributed by atoms with Crippen molar-refractivity contribution in [3.05, 3.63) is 0 Å². The molecule has 5 amide bonds.